The predicted molar refractivity (Wildman–Crippen MR) is 61.7 cm³/mol. The number of hydrogen-bond donors (Lipinski definition) is 2. The lowest BCUT2D eigenvalue weighted by Gasteiger charge is -2.03. The summed E-state index contributed by atoms with van der Waals surface area (Å²) in [5.74, 6) is 0.989. The molecule has 0 amide bonds. The van der Waals surface area contributed by atoms with Gasteiger partial charge in [0.2, 0.25) is 0 Å². The fourth-order valence-electron chi connectivity index (χ4n) is 1.53. The van der Waals surface area contributed by atoms with Crippen molar-refractivity contribution in [2.24, 2.45) is 0 Å². The number of aromatic nitrogens is 3. The van der Waals surface area contributed by atoms with Gasteiger partial charge in [0.15, 0.2) is 0 Å². The van der Waals surface area contributed by atoms with Gasteiger partial charge in [0.1, 0.15) is 12.2 Å². The van der Waals surface area contributed by atoms with E-state index in [9.17, 15) is 0 Å². The lowest BCUT2D eigenvalue weighted by atomic mass is 10.2. The molecule has 0 fully saturated rings. The average Bonchev–Trinajstić information content (AvgIpc) is 2.75. The van der Waals surface area contributed by atoms with Gasteiger partial charge in [-0.25, -0.2) is 4.98 Å². The van der Waals surface area contributed by atoms with Crippen molar-refractivity contribution in [1.29, 1.82) is 0 Å². The summed E-state index contributed by atoms with van der Waals surface area (Å²) in [7, 11) is 0. The predicted octanol–water partition coefficient (Wildman–Crippen LogP) is 1.91. The van der Waals surface area contributed by atoms with E-state index in [0.29, 0.717) is 0 Å². The van der Waals surface area contributed by atoms with Crippen LogP contribution in [0, 0.1) is 0 Å². The van der Waals surface area contributed by atoms with Crippen LogP contribution in [-0.4, -0.2) is 28.3 Å². The molecule has 2 N–H and O–H groups in total. The molecule has 0 aliphatic carbocycles. The van der Waals surface area contributed by atoms with Crippen LogP contribution in [0.3, 0.4) is 0 Å². The molecule has 0 aliphatic rings. The number of hydrogen-bond acceptors (Lipinski definition) is 3. The Balaban J connectivity index is 1.81. The number of nitrogens with zero attached hydrogens (tertiary/aromatic N) is 2. The van der Waals surface area contributed by atoms with Crippen LogP contribution in [0.25, 0.3) is 0 Å². The Morgan fingerprint density at radius 3 is 2.80 bits per heavy atom. The quantitative estimate of drug-likeness (QED) is 0.612. The Kier molecular flexibility index (Phi) is 6.83. The maximum atomic E-state index is 4.08. The van der Waals surface area contributed by atoms with E-state index < -0.39 is 0 Å². The molecule has 1 aromatic rings. The zero-order valence-electron chi connectivity index (χ0n) is 9.63. The van der Waals surface area contributed by atoms with Crippen molar-refractivity contribution in [2.75, 3.05) is 13.1 Å². The van der Waals surface area contributed by atoms with Crippen molar-refractivity contribution in [3.05, 3.63) is 12.2 Å². The second-order valence-corrected chi connectivity index (χ2v) is 3.85. The van der Waals surface area contributed by atoms with Gasteiger partial charge in [0, 0.05) is 6.42 Å². The lowest BCUT2D eigenvalue weighted by molar-refractivity contribution is 0.582. The second kappa shape index (κ2) is 8.41. The van der Waals surface area contributed by atoms with Crippen LogP contribution in [0.1, 0.15) is 44.9 Å². The minimum absolute atomic E-state index is 0.988. The number of rotatable bonds is 9. The van der Waals surface area contributed by atoms with E-state index in [1.54, 1.807) is 6.33 Å². The van der Waals surface area contributed by atoms with Crippen molar-refractivity contribution in [1.82, 2.24) is 20.5 Å². The summed E-state index contributed by atoms with van der Waals surface area (Å²) in [6.45, 7) is 4.47. The molecule has 0 aliphatic heterocycles. The SMILES string of the molecule is CCCCCCNCCCc1ncn[nH]1. The summed E-state index contributed by atoms with van der Waals surface area (Å²) in [6, 6.07) is 0. The van der Waals surface area contributed by atoms with Gasteiger partial charge in [-0.05, 0) is 25.9 Å². The smallest absolute Gasteiger partial charge is 0.137 e. The van der Waals surface area contributed by atoms with Crippen LogP contribution >= 0.6 is 0 Å². The first-order valence-corrected chi connectivity index (χ1v) is 5.98. The Labute approximate surface area is 91.9 Å². The summed E-state index contributed by atoms with van der Waals surface area (Å²) in [5.41, 5.74) is 0. The minimum Gasteiger partial charge on any atom is -0.317 e. The zero-order chi connectivity index (χ0) is 10.8. The fourth-order valence-corrected chi connectivity index (χ4v) is 1.53. The van der Waals surface area contributed by atoms with Crippen LogP contribution in [-0.2, 0) is 6.42 Å². The molecule has 0 bridgehead atoms. The maximum absolute atomic E-state index is 4.08. The highest BCUT2D eigenvalue weighted by Crippen LogP contribution is 1.97. The van der Waals surface area contributed by atoms with Crippen molar-refractivity contribution < 1.29 is 0 Å². The fraction of sp³-hybridized carbons (Fsp3) is 0.818. The minimum atomic E-state index is 0.988. The van der Waals surface area contributed by atoms with Gasteiger partial charge in [-0.2, -0.15) is 5.10 Å². The Morgan fingerprint density at radius 2 is 2.07 bits per heavy atom. The molecular formula is C11H22N4. The normalized spacial score (nSPS) is 10.7. The van der Waals surface area contributed by atoms with E-state index in [1.165, 1.54) is 25.7 Å². The van der Waals surface area contributed by atoms with Crippen molar-refractivity contribution >= 4 is 0 Å². The molecule has 0 radical (unpaired) electrons. The molecule has 0 saturated heterocycles. The molecule has 86 valence electrons. The van der Waals surface area contributed by atoms with Gasteiger partial charge in [-0.1, -0.05) is 26.2 Å². The largest absolute Gasteiger partial charge is 0.317 e. The highest BCUT2D eigenvalue weighted by Gasteiger charge is 1.94. The Hall–Kier alpha value is -0.900. The molecule has 1 heterocycles. The highest BCUT2D eigenvalue weighted by molar-refractivity contribution is 4.79. The molecule has 15 heavy (non-hydrogen) atoms. The number of aromatic amines is 1. The molecule has 1 rings (SSSR count). The van der Waals surface area contributed by atoms with Crippen LogP contribution in [0.5, 0.6) is 0 Å². The van der Waals surface area contributed by atoms with Crippen LogP contribution in [0.4, 0.5) is 0 Å². The van der Waals surface area contributed by atoms with Crippen molar-refractivity contribution in [3.63, 3.8) is 0 Å². The van der Waals surface area contributed by atoms with Crippen LogP contribution in [0.15, 0.2) is 6.33 Å². The summed E-state index contributed by atoms with van der Waals surface area (Å²) in [4.78, 5) is 4.08. The highest BCUT2D eigenvalue weighted by atomic mass is 15.2. The first-order valence-electron chi connectivity index (χ1n) is 5.98. The Morgan fingerprint density at radius 1 is 1.20 bits per heavy atom. The van der Waals surface area contributed by atoms with E-state index in [1.807, 2.05) is 0 Å². The molecule has 0 spiro atoms. The van der Waals surface area contributed by atoms with Crippen molar-refractivity contribution in [3.8, 4) is 0 Å². The van der Waals surface area contributed by atoms with Gasteiger partial charge < -0.3 is 5.32 Å². The molecular weight excluding hydrogens is 188 g/mol. The molecule has 0 unspecified atom stereocenters. The third kappa shape index (κ3) is 6.23. The zero-order valence-corrected chi connectivity index (χ0v) is 9.63. The third-order valence-electron chi connectivity index (χ3n) is 2.44. The van der Waals surface area contributed by atoms with Gasteiger partial charge in [0.25, 0.3) is 0 Å². The van der Waals surface area contributed by atoms with Gasteiger partial charge >= 0.3 is 0 Å². The summed E-state index contributed by atoms with van der Waals surface area (Å²) in [5, 5.41) is 10.1. The van der Waals surface area contributed by atoms with E-state index in [4.69, 9.17) is 0 Å². The van der Waals surface area contributed by atoms with Gasteiger partial charge in [-0.15, -0.1) is 0 Å². The first-order chi connectivity index (χ1) is 7.43. The molecule has 4 heteroatoms. The molecule has 0 saturated carbocycles. The summed E-state index contributed by atoms with van der Waals surface area (Å²) < 4.78 is 0. The average molecular weight is 210 g/mol. The van der Waals surface area contributed by atoms with E-state index in [0.717, 1.165) is 31.8 Å². The molecule has 1 aromatic heterocycles. The Bertz CT molecular complexity index is 221. The van der Waals surface area contributed by atoms with Gasteiger partial charge in [0.05, 0.1) is 0 Å². The molecule has 0 atom stereocenters. The van der Waals surface area contributed by atoms with Crippen LogP contribution < -0.4 is 5.32 Å². The van der Waals surface area contributed by atoms with E-state index >= 15 is 0 Å². The number of aryl methyl sites for hydroxylation is 1. The van der Waals surface area contributed by atoms with E-state index in [2.05, 4.69) is 27.4 Å². The monoisotopic (exact) mass is 210 g/mol. The van der Waals surface area contributed by atoms with Crippen molar-refractivity contribution in [2.45, 2.75) is 45.4 Å². The topological polar surface area (TPSA) is 53.6 Å². The molecule has 4 nitrogen and oxygen atoms in total. The van der Waals surface area contributed by atoms with E-state index in [-0.39, 0.29) is 0 Å². The van der Waals surface area contributed by atoms with Gasteiger partial charge in [-0.3, -0.25) is 5.10 Å². The maximum Gasteiger partial charge on any atom is 0.137 e. The summed E-state index contributed by atoms with van der Waals surface area (Å²) >= 11 is 0. The second-order valence-electron chi connectivity index (χ2n) is 3.85. The first kappa shape index (κ1) is 12.2. The third-order valence-corrected chi connectivity index (χ3v) is 2.44. The van der Waals surface area contributed by atoms with Crippen LogP contribution in [0.2, 0.25) is 0 Å². The number of unbranched alkanes of at least 4 members (excludes halogenated alkanes) is 3. The summed E-state index contributed by atoms with van der Waals surface area (Å²) in [6.07, 6.45) is 9.01. The number of H-pyrrole nitrogens is 1. The lowest BCUT2D eigenvalue weighted by Crippen LogP contribution is -2.17. The number of nitrogens with one attached hydrogen (secondary N) is 2. The standard InChI is InChI=1S/C11H22N4/c1-2-3-4-5-8-12-9-6-7-11-13-10-14-15-11/h10,12H,2-9H2,1H3,(H,13,14,15). The molecule has 0 aromatic carbocycles.